The third kappa shape index (κ3) is 2.41. The van der Waals surface area contributed by atoms with Crippen LogP contribution in [0.25, 0.3) is 0 Å². The van der Waals surface area contributed by atoms with Crippen LogP contribution >= 0.6 is 0 Å². The summed E-state index contributed by atoms with van der Waals surface area (Å²) in [5, 5.41) is 16.6. The topological polar surface area (TPSA) is 108 Å². The Kier molecular flexibility index (Phi) is 3.78. The lowest BCUT2D eigenvalue weighted by Crippen LogP contribution is -2.71. The number of fused-ring (bicyclic) bond motifs is 1. The van der Waals surface area contributed by atoms with E-state index in [1.807, 2.05) is 6.92 Å². The molecule has 3 rings (SSSR count). The van der Waals surface area contributed by atoms with Crippen molar-refractivity contribution in [2.24, 2.45) is 5.92 Å². The van der Waals surface area contributed by atoms with Crippen LogP contribution in [0.5, 0.6) is 0 Å². The van der Waals surface area contributed by atoms with Crippen LogP contribution < -0.4 is 10.6 Å². The second kappa shape index (κ2) is 5.66. The number of rotatable bonds is 2. The molecule has 0 aromatic heterocycles. The van der Waals surface area contributed by atoms with Crippen molar-refractivity contribution in [2.45, 2.75) is 25.2 Å². The summed E-state index contributed by atoms with van der Waals surface area (Å²) in [6, 6.07) is 5.20. The molecule has 0 unspecified atom stereocenters. The SMILES string of the molecule is C[C@H]1NC(=O)N(C)[C@H]2NC(=O)N(C)[C@@H](c3ccc([N+](=O)[O-])cc3)[C@H]12. The molecule has 2 aliphatic rings. The lowest BCUT2D eigenvalue weighted by molar-refractivity contribution is -0.384. The fourth-order valence-corrected chi connectivity index (χ4v) is 3.54. The highest BCUT2D eigenvalue weighted by Crippen LogP contribution is 2.38. The van der Waals surface area contributed by atoms with E-state index in [4.69, 9.17) is 0 Å². The van der Waals surface area contributed by atoms with E-state index in [1.54, 1.807) is 31.1 Å². The predicted molar refractivity (Wildman–Crippen MR) is 85.2 cm³/mol. The minimum absolute atomic E-state index is 0.000303. The molecule has 1 aromatic carbocycles. The van der Waals surface area contributed by atoms with Gasteiger partial charge in [0.2, 0.25) is 0 Å². The van der Waals surface area contributed by atoms with Crippen LogP contribution in [0.1, 0.15) is 18.5 Å². The van der Waals surface area contributed by atoms with Crippen LogP contribution in [0.15, 0.2) is 24.3 Å². The summed E-state index contributed by atoms with van der Waals surface area (Å²) >= 11 is 0. The third-order valence-electron chi connectivity index (χ3n) is 4.85. The maximum absolute atomic E-state index is 12.3. The van der Waals surface area contributed by atoms with Crippen molar-refractivity contribution in [3.63, 3.8) is 0 Å². The fourth-order valence-electron chi connectivity index (χ4n) is 3.54. The molecule has 2 fully saturated rings. The average molecular weight is 333 g/mol. The highest BCUT2D eigenvalue weighted by Gasteiger charge is 2.49. The first-order valence-corrected chi connectivity index (χ1v) is 7.62. The summed E-state index contributed by atoms with van der Waals surface area (Å²) in [6.45, 7) is 1.90. The number of carbonyl (C=O) groups is 2. The van der Waals surface area contributed by atoms with Gasteiger partial charge in [-0.25, -0.2) is 9.59 Å². The van der Waals surface area contributed by atoms with Gasteiger partial charge in [-0.15, -0.1) is 0 Å². The molecular formula is C15H19N5O4. The first-order chi connectivity index (χ1) is 11.3. The van der Waals surface area contributed by atoms with Gasteiger partial charge in [0.05, 0.1) is 11.0 Å². The number of hydrogen-bond donors (Lipinski definition) is 2. The van der Waals surface area contributed by atoms with Crippen molar-refractivity contribution in [1.29, 1.82) is 0 Å². The fraction of sp³-hybridized carbons (Fsp3) is 0.467. The number of nitro groups is 1. The minimum atomic E-state index is -0.457. The lowest BCUT2D eigenvalue weighted by atomic mass is 9.81. The second-order valence-corrected chi connectivity index (χ2v) is 6.23. The molecule has 0 aliphatic carbocycles. The Balaban J connectivity index is 2.01. The standard InChI is InChI=1S/C15H19N5O4/c1-8-11-12(9-4-6-10(7-5-9)20(23)24)18(2)15(22)17-13(11)19(3)14(21)16-8/h4-8,11-13H,1-3H3,(H,16,21)(H,17,22)/t8-,11+,12+,13-/m1/s1. The molecule has 2 N–H and O–H groups in total. The van der Waals surface area contributed by atoms with Crippen LogP contribution in [-0.4, -0.2) is 53.1 Å². The zero-order valence-electron chi connectivity index (χ0n) is 13.6. The molecule has 0 radical (unpaired) electrons. The predicted octanol–water partition coefficient (Wildman–Crippen LogP) is 1.28. The van der Waals surface area contributed by atoms with Gasteiger partial charge in [-0.3, -0.25) is 10.1 Å². The maximum Gasteiger partial charge on any atom is 0.319 e. The highest BCUT2D eigenvalue weighted by molar-refractivity contribution is 5.80. The number of nitro benzene ring substituents is 1. The van der Waals surface area contributed by atoms with E-state index in [0.717, 1.165) is 5.56 Å². The minimum Gasteiger partial charge on any atom is -0.335 e. The molecule has 24 heavy (non-hydrogen) atoms. The van der Waals surface area contributed by atoms with Crippen molar-refractivity contribution < 1.29 is 14.5 Å². The third-order valence-corrected chi connectivity index (χ3v) is 4.85. The van der Waals surface area contributed by atoms with Gasteiger partial charge in [-0.1, -0.05) is 12.1 Å². The molecule has 9 nitrogen and oxygen atoms in total. The monoisotopic (exact) mass is 333 g/mol. The van der Waals surface area contributed by atoms with Crippen molar-refractivity contribution in [1.82, 2.24) is 20.4 Å². The van der Waals surface area contributed by atoms with Gasteiger partial charge in [0, 0.05) is 38.2 Å². The van der Waals surface area contributed by atoms with E-state index in [9.17, 15) is 19.7 Å². The van der Waals surface area contributed by atoms with Crippen molar-refractivity contribution in [3.8, 4) is 0 Å². The number of nitrogens with zero attached hydrogens (tertiary/aromatic N) is 3. The zero-order valence-corrected chi connectivity index (χ0v) is 13.6. The molecular weight excluding hydrogens is 314 g/mol. The number of benzene rings is 1. The Morgan fingerprint density at radius 2 is 1.62 bits per heavy atom. The van der Waals surface area contributed by atoms with Crippen LogP contribution in [-0.2, 0) is 0 Å². The second-order valence-electron chi connectivity index (χ2n) is 6.23. The number of urea groups is 2. The average Bonchev–Trinajstić information content (AvgIpc) is 2.54. The summed E-state index contributed by atoms with van der Waals surface area (Å²) < 4.78 is 0. The van der Waals surface area contributed by atoms with Crippen LogP contribution in [0.4, 0.5) is 15.3 Å². The summed E-state index contributed by atoms with van der Waals surface area (Å²) in [5.41, 5.74) is 0.796. The van der Waals surface area contributed by atoms with Gasteiger partial charge < -0.3 is 20.4 Å². The summed E-state index contributed by atoms with van der Waals surface area (Å²) in [5.74, 6) is -0.100. The van der Waals surface area contributed by atoms with Crippen LogP contribution in [0.3, 0.4) is 0 Å². The van der Waals surface area contributed by atoms with E-state index < -0.39 is 11.1 Å². The molecule has 0 bridgehead atoms. The molecule has 2 heterocycles. The smallest absolute Gasteiger partial charge is 0.319 e. The van der Waals surface area contributed by atoms with Crippen molar-refractivity contribution in [2.75, 3.05) is 14.1 Å². The van der Waals surface area contributed by atoms with Gasteiger partial charge in [0.15, 0.2) is 0 Å². The molecule has 2 saturated heterocycles. The van der Waals surface area contributed by atoms with Gasteiger partial charge >= 0.3 is 12.1 Å². The number of hydrogen-bond acceptors (Lipinski definition) is 4. The first-order valence-electron chi connectivity index (χ1n) is 7.62. The Morgan fingerprint density at radius 1 is 1.04 bits per heavy atom. The molecule has 4 atom stereocenters. The molecule has 128 valence electrons. The molecule has 0 saturated carbocycles. The molecule has 4 amide bonds. The Morgan fingerprint density at radius 3 is 2.21 bits per heavy atom. The molecule has 9 heteroatoms. The number of non-ortho nitro benzene ring substituents is 1. The highest BCUT2D eigenvalue weighted by atomic mass is 16.6. The summed E-state index contributed by atoms with van der Waals surface area (Å²) in [7, 11) is 3.32. The first kappa shape index (κ1) is 16.0. The Labute approximate surface area is 138 Å². The van der Waals surface area contributed by atoms with E-state index in [-0.39, 0.29) is 35.8 Å². The quantitative estimate of drug-likeness (QED) is 0.628. The largest absolute Gasteiger partial charge is 0.335 e. The lowest BCUT2D eigenvalue weighted by Gasteiger charge is -2.52. The number of nitrogens with one attached hydrogen (secondary N) is 2. The van der Waals surface area contributed by atoms with Crippen molar-refractivity contribution >= 4 is 17.7 Å². The van der Waals surface area contributed by atoms with Gasteiger partial charge in [0.25, 0.3) is 5.69 Å². The Bertz CT molecular complexity index is 692. The van der Waals surface area contributed by atoms with Crippen molar-refractivity contribution in [3.05, 3.63) is 39.9 Å². The van der Waals surface area contributed by atoms with E-state index in [2.05, 4.69) is 10.6 Å². The Hall–Kier alpha value is -2.84. The van der Waals surface area contributed by atoms with Crippen LogP contribution in [0.2, 0.25) is 0 Å². The zero-order chi connectivity index (χ0) is 17.6. The van der Waals surface area contributed by atoms with E-state index in [0.29, 0.717) is 0 Å². The summed E-state index contributed by atoms with van der Waals surface area (Å²) in [4.78, 5) is 37.7. The van der Waals surface area contributed by atoms with Crippen LogP contribution in [0, 0.1) is 16.0 Å². The number of amides is 4. The normalized spacial score (nSPS) is 29.6. The molecule has 0 spiro atoms. The maximum atomic E-state index is 12.3. The number of carbonyl (C=O) groups excluding carboxylic acids is 2. The van der Waals surface area contributed by atoms with E-state index >= 15 is 0 Å². The molecule has 2 aliphatic heterocycles. The van der Waals surface area contributed by atoms with Gasteiger partial charge in [0.1, 0.15) is 6.17 Å². The van der Waals surface area contributed by atoms with Gasteiger partial charge in [-0.05, 0) is 12.5 Å². The summed E-state index contributed by atoms with van der Waals surface area (Å²) in [6.07, 6.45) is -0.433. The molecule has 1 aromatic rings. The van der Waals surface area contributed by atoms with E-state index in [1.165, 1.54) is 17.0 Å². The van der Waals surface area contributed by atoms with Gasteiger partial charge in [-0.2, -0.15) is 0 Å².